The Morgan fingerprint density at radius 2 is 1.22 bits per heavy atom. The lowest BCUT2D eigenvalue weighted by atomic mass is 10.1. The van der Waals surface area contributed by atoms with Gasteiger partial charge in [0.1, 0.15) is 5.75 Å². The Kier molecular flexibility index (Phi) is 15.1. The van der Waals surface area contributed by atoms with Crippen molar-refractivity contribution < 1.29 is 14.6 Å². The van der Waals surface area contributed by atoms with Gasteiger partial charge in [-0.1, -0.05) is 104 Å². The zero-order valence-corrected chi connectivity index (χ0v) is 23.3. The fourth-order valence-electron chi connectivity index (χ4n) is 4.67. The van der Waals surface area contributed by atoms with Crippen LogP contribution in [0.5, 0.6) is 17.2 Å². The third-order valence-electron chi connectivity index (χ3n) is 6.91. The molecule has 0 radical (unpaired) electrons. The second kappa shape index (κ2) is 18.1. The van der Waals surface area contributed by atoms with E-state index in [1.165, 1.54) is 57.8 Å². The van der Waals surface area contributed by atoms with Crippen LogP contribution in [0.2, 0.25) is 0 Å². The normalized spacial score (nSPS) is 11.3. The molecule has 0 amide bonds. The molecule has 0 aliphatic carbocycles. The molecule has 1 N–H and O–H groups in total. The van der Waals surface area contributed by atoms with E-state index in [0.29, 0.717) is 25.5 Å². The average molecular weight is 502 g/mol. The Hall–Kier alpha value is -2.17. The number of pyridine rings is 1. The molecule has 5 heteroatoms. The van der Waals surface area contributed by atoms with Gasteiger partial charge in [-0.25, -0.2) is 0 Å². The first-order valence-corrected chi connectivity index (χ1v) is 14.8. The quantitative estimate of drug-likeness (QED) is 0.174. The maximum atomic E-state index is 13.2. The number of hydrogen-bond donors (Lipinski definition) is 1. The van der Waals surface area contributed by atoms with Crippen molar-refractivity contribution >= 4 is 10.9 Å². The Bertz CT molecular complexity index is 921. The molecule has 1 heterocycles. The molecule has 0 fully saturated rings. The van der Waals surface area contributed by atoms with Gasteiger partial charge in [0.25, 0.3) is 5.56 Å². The third-order valence-corrected chi connectivity index (χ3v) is 6.91. The molecule has 0 aliphatic heterocycles. The summed E-state index contributed by atoms with van der Waals surface area (Å²) in [5, 5.41) is 11.6. The smallest absolute Gasteiger partial charge is 0.297 e. The number of aryl methyl sites for hydroxylation is 1. The fraction of sp³-hybridized carbons (Fsp3) is 0.710. The molecule has 36 heavy (non-hydrogen) atoms. The van der Waals surface area contributed by atoms with E-state index in [9.17, 15) is 9.90 Å². The molecular weight excluding hydrogens is 450 g/mol. The Balaban J connectivity index is 2.17. The van der Waals surface area contributed by atoms with Crippen LogP contribution in [0.3, 0.4) is 0 Å². The van der Waals surface area contributed by atoms with Crippen molar-refractivity contribution in [3.05, 3.63) is 28.6 Å². The van der Waals surface area contributed by atoms with E-state index < -0.39 is 0 Å². The predicted molar refractivity (Wildman–Crippen MR) is 152 cm³/mol. The van der Waals surface area contributed by atoms with Gasteiger partial charge < -0.3 is 19.1 Å². The SMILES string of the molecule is CCCCCCCCOc1ccc2c(OCCCCCC)c(O)c(=O)n(CCCCCCCC)c2c1. The summed E-state index contributed by atoms with van der Waals surface area (Å²) >= 11 is 0. The fourth-order valence-corrected chi connectivity index (χ4v) is 4.67. The summed E-state index contributed by atoms with van der Waals surface area (Å²) in [5.74, 6) is 0.810. The van der Waals surface area contributed by atoms with Gasteiger partial charge in [0.05, 0.1) is 18.7 Å². The molecule has 2 rings (SSSR count). The molecule has 0 atom stereocenters. The van der Waals surface area contributed by atoms with Gasteiger partial charge >= 0.3 is 0 Å². The summed E-state index contributed by atoms with van der Waals surface area (Å²) in [7, 11) is 0. The van der Waals surface area contributed by atoms with E-state index in [-0.39, 0.29) is 11.3 Å². The van der Waals surface area contributed by atoms with Crippen molar-refractivity contribution in [1.29, 1.82) is 0 Å². The van der Waals surface area contributed by atoms with Crippen molar-refractivity contribution in [3.8, 4) is 17.2 Å². The molecule has 0 spiro atoms. The van der Waals surface area contributed by atoms with Crippen LogP contribution in [0.1, 0.15) is 124 Å². The lowest BCUT2D eigenvalue weighted by Crippen LogP contribution is -2.21. The number of ether oxygens (including phenoxy) is 2. The Labute approximate surface area is 219 Å². The second-order valence-corrected chi connectivity index (χ2v) is 10.1. The second-order valence-electron chi connectivity index (χ2n) is 10.1. The highest BCUT2D eigenvalue weighted by atomic mass is 16.5. The maximum Gasteiger partial charge on any atom is 0.297 e. The third kappa shape index (κ3) is 10.1. The molecule has 0 unspecified atom stereocenters. The van der Waals surface area contributed by atoms with E-state index in [1.807, 2.05) is 18.2 Å². The number of unbranched alkanes of at least 4 members (excludes halogenated alkanes) is 13. The van der Waals surface area contributed by atoms with Crippen LogP contribution in [0.25, 0.3) is 10.9 Å². The highest BCUT2D eigenvalue weighted by Gasteiger charge is 2.18. The van der Waals surface area contributed by atoms with Crippen LogP contribution in [0.4, 0.5) is 0 Å². The van der Waals surface area contributed by atoms with Gasteiger partial charge in [0.2, 0.25) is 5.75 Å². The van der Waals surface area contributed by atoms with Crippen LogP contribution in [-0.4, -0.2) is 22.9 Å². The van der Waals surface area contributed by atoms with Crippen molar-refractivity contribution in [1.82, 2.24) is 4.57 Å². The average Bonchev–Trinajstić information content (AvgIpc) is 2.89. The molecule has 0 saturated heterocycles. The molecule has 1 aromatic carbocycles. The Morgan fingerprint density at radius 1 is 0.694 bits per heavy atom. The molecule has 1 aromatic heterocycles. The van der Waals surface area contributed by atoms with E-state index in [0.717, 1.165) is 61.6 Å². The summed E-state index contributed by atoms with van der Waals surface area (Å²) in [6, 6.07) is 5.82. The number of hydrogen-bond acceptors (Lipinski definition) is 4. The van der Waals surface area contributed by atoms with Crippen LogP contribution in [-0.2, 0) is 6.54 Å². The van der Waals surface area contributed by atoms with Crippen LogP contribution in [0, 0.1) is 0 Å². The van der Waals surface area contributed by atoms with Gasteiger partial charge in [-0.05, 0) is 31.4 Å². The summed E-state index contributed by atoms with van der Waals surface area (Å²) in [6.45, 7) is 8.39. The minimum absolute atomic E-state index is 0.273. The van der Waals surface area contributed by atoms with E-state index in [4.69, 9.17) is 9.47 Å². The van der Waals surface area contributed by atoms with E-state index >= 15 is 0 Å². The van der Waals surface area contributed by atoms with E-state index in [2.05, 4.69) is 20.8 Å². The lowest BCUT2D eigenvalue weighted by Gasteiger charge is -2.17. The summed E-state index contributed by atoms with van der Waals surface area (Å²) in [6.07, 6.45) is 18.5. The topological polar surface area (TPSA) is 60.7 Å². The number of fused-ring (bicyclic) bond motifs is 1. The molecule has 0 aliphatic rings. The molecule has 204 valence electrons. The Morgan fingerprint density at radius 3 is 1.86 bits per heavy atom. The minimum Gasteiger partial charge on any atom is -0.500 e. The highest BCUT2D eigenvalue weighted by molar-refractivity contribution is 5.88. The molecular formula is C31H51NO4. The lowest BCUT2D eigenvalue weighted by molar-refractivity contribution is 0.290. The first-order chi connectivity index (χ1) is 17.6. The van der Waals surface area contributed by atoms with Crippen LogP contribution >= 0.6 is 0 Å². The zero-order chi connectivity index (χ0) is 26.0. The van der Waals surface area contributed by atoms with Crippen LogP contribution in [0.15, 0.2) is 23.0 Å². The number of benzene rings is 1. The summed E-state index contributed by atoms with van der Waals surface area (Å²) in [5.41, 5.74) is 0.419. The van der Waals surface area contributed by atoms with E-state index in [1.54, 1.807) is 4.57 Å². The molecule has 0 bridgehead atoms. The van der Waals surface area contributed by atoms with Crippen molar-refractivity contribution in [2.45, 2.75) is 130 Å². The number of rotatable bonds is 21. The van der Waals surface area contributed by atoms with Gasteiger partial charge in [-0.15, -0.1) is 0 Å². The summed E-state index contributed by atoms with van der Waals surface area (Å²) < 4.78 is 13.8. The van der Waals surface area contributed by atoms with Gasteiger partial charge in [-0.3, -0.25) is 4.79 Å². The first kappa shape index (κ1) is 30.1. The number of aromatic nitrogens is 1. The first-order valence-electron chi connectivity index (χ1n) is 14.8. The van der Waals surface area contributed by atoms with Crippen LogP contribution < -0.4 is 15.0 Å². The van der Waals surface area contributed by atoms with Crippen molar-refractivity contribution in [2.24, 2.45) is 0 Å². The summed E-state index contributed by atoms with van der Waals surface area (Å²) in [4.78, 5) is 13.2. The van der Waals surface area contributed by atoms with Crippen molar-refractivity contribution in [2.75, 3.05) is 13.2 Å². The van der Waals surface area contributed by atoms with Gasteiger partial charge in [-0.2, -0.15) is 0 Å². The zero-order valence-electron chi connectivity index (χ0n) is 23.3. The maximum absolute atomic E-state index is 13.2. The number of aromatic hydroxyl groups is 1. The van der Waals surface area contributed by atoms with Gasteiger partial charge in [0.15, 0.2) is 5.75 Å². The monoisotopic (exact) mass is 501 g/mol. The van der Waals surface area contributed by atoms with Gasteiger partial charge in [0, 0.05) is 18.0 Å². The number of nitrogens with zero attached hydrogens (tertiary/aromatic N) is 1. The highest BCUT2D eigenvalue weighted by Crippen LogP contribution is 2.34. The molecule has 2 aromatic rings. The predicted octanol–water partition coefficient (Wildman–Crippen LogP) is 8.77. The minimum atomic E-state index is -0.368. The molecule has 5 nitrogen and oxygen atoms in total. The molecule has 0 saturated carbocycles. The largest absolute Gasteiger partial charge is 0.500 e. The standard InChI is InChI=1S/C31H51NO4/c1-4-7-10-13-15-17-22-32-28-25-26(35-23-19-16-14-11-8-5-2)20-21-27(28)30(29(33)31(32)34)36-24-18-12-9-6-3/h20-21,25,33H,4-19,22-24H2,1-3H3. The van der Waals surface area contributed by atoms with Crippen molar-refractivity contribution in [3.63, 3.8) is 0 Å².